The number of nitrogens with zero attached hydrogens (tertiary/aromatic N) is 5. The standard InChI is InChI=1S/C10H15N5O/c16-10(13-3-1-2-4-13)14-5-6-15-8-11-12-9(15)7-14/h8H,1-7H2. The van der Waals surface area contributed by atoms with Gasteiger partial charge in [-0.2, -0.15) is 0 Å². The Bertz CT molecular complexity index is 396. The van der Waals surface area contributed by atoms with E-state index in [1.807, 2.05) is 14.4 Å². The van der Waals surface area contributed by atoms with Crippen LogP contribution in [0.1, 0.15) is 18.7 Å². The smallest absolute Gasteiger partial charge is 0.320 e. The van der Waals surface area contributed by atoms with Gasteiger partial charge >= 0.3 is 6.03 Å². The van der Waals surface area contributed by atoms with Gasteiger partial charge in [-0.1, -0.05) is 0 Å². The van der Waals surface area contributed by atoms with Crippen molar-refractivity contribution in [3.05, 3.63) is 12.2 Å². The van der Waals surface area contributed by atoms with Gasteiger partial charge in [-0.15, -0.1) is 10.2 Å². The maximum atomic E-state index is 12.1. The number of hydrogen-bond donors (Lipinski definition) is 0. The highest BCUT2D eigenvalue weighted by Gasteiger charge is 2.27. The average molecular weight is 221 g/mol. The van der Waals surface area contributed by atoms with Gasteiger partial charge < -0.3 is 14.4 Å². The first-order chi connectivity index (χ1) is 7.84. The van der Waals surface area contributed by atoms with Gasteiger partial charge in [-0.05, 0) is 12.8 Å². The van der Waals surface area contributed by atoms with Gasteiger partial charge in [0.05, 0.1) is 6.54 Å². The second-order valence-corrected chi connectivity index (χ2v) is 4.34. The average Bonchev–Trinajstić information content (AvgIpc) is 2.98. The van der Waals surface area contributed by atoms with Crippen LogP contribution in [0.15, 0.2) is 6.33 Å². The molecular formula is C10H15N5O. The fourth-order valence-electron chi connectivity index (χ4n) is 2.34. The van der Waals surface area contributed by atoms with Crippen LogP contribution >= 0.6 is 0 Å². The van der Waals surface area contributed by atoms with Gasteiger partial charge in [0.25, 0.3) is 0 Å². The summed E-state index contributed by atoms with van der Waals surface area (Å²) in [5.74, 6) is 0.888. The number of likely N-dealkylation sites (tertiary alicyclic amines) is 1. The molecule has 0 aliphatic carbocycles. The molecule has 2 aliphatic rings. The minimum Gasteiger partial charge on any atom is -0.325 e. The van der Waals surface area contributed by atoms with Crippen molar-refractivity contribution in [1.29, 1.82) is 0 Å². The van der Waals surface area contributed by atoms with Crippen molar-refractivity contribution in [2.45, 2.75) is 25.9 Å². The first-order valence-corrected chi connectivity index (χ1v) is 5.75. The summed E-state index contributed by atoms with van der Waals surface area (Å²) in [6.07, 6.45) is 4.00. The van der Waals surface area contributed by atoms with Crippen molar-refractivity contribution in [1.82, 2.24) is 24.6 Å². The van der Waals surface area contributed by atoms with Crippen LogP contribution in [-0.4, -0.2) is 50.2 Å². The van der Waals surface area contributed by atoms with Crippen LogP contribution in [0.2, 0.25) is 0 Å². The van der Waals surface area contributed by atoms with Crippen LogP contribution in [0.5, 0.6) is 0 Å². The molecule has 0 radical (unpaired) electrons. The van der Waals surface area contributed by atoms with Crippen molar-refractivity contribution in [3.8, 4) is 0 Å². The van der Waals surface area contributed by atoms with Crippen molar-refractivity contribution >= 4 is 6.03 Å². The zero-order valence-electron chi connectivity index (χ0n) is 9.17. The number of urea groups is 1. The fraction of sp³-hybridized carbons (Fsp3) is 0.700. The van der Waals surface area contributed by atoms with Crippen molar-refractivity contribution in [2.24, 2.45) is 0 Å². The molecule has 1 saturated heterocycles. The first-order valence-electron chi connectivity index (χ1n) is 5.75. The number of rotatable bonds is 0. The zero-order valence-corrected chi connectivity index (χ0v) is 9.17. The van der Waals surface area contributed by atoms with E-state index in [1.54, 1.807) is 6.33 Å². The Morgan fingerprint density at radius 2 is 1.94 bits per heavy atom. The lowest BCUT2D eigenvalue weighted by molar-refractivity contribution is 0.148. The largest absolute Gasteiger partial charge is 0.325 e. The van der Waals surface area contributed by atoms with E-state index >= 15 is 0 Å². The quantitative estimate of drug-likeness (QED) is 0.633. The molecule has 0 saturated carbocycles. The highest BCUT2D eigenvalue weighted by Crippen LogP contribution is 2.15. The minimum absolute atomic E-state index is 0.159. The summed E-state index contributed by atoms with van der Waals surface area (Å²) in [7, 11) is 0. The predicted octanol–water partition coefficient (Wildman–Crippen LogP) is 0.310. The number of carbonyl (C=O) groups excluding carboxylic acids is 1. The molecule has 1 aromatic heterocycles. The lowest BCUT2D eigenvalue weighted by atomic mass is 10.3. The summed E-state index contributed by atoms with van der Waals surface area (Å²) in [4.78, 5) is 15.9. The first kappa shape index (κ1) is 9.62. The lowest BCUT2D eigenvalue weighted by Crippen LogP contribution is -2.45. The van der Waals surface area contributed by atoms with Gasteiger partial charge in [-0.25, -0.2) is 4.79 Å². The molecule has 86 valence electrons. The Hall–Kier alpha value is -1.59. The molecule has 0 atom stereocenters. The molecule has 0 bridgehead atoms. The normalized spacial score (nSPS) is 20.0. The molecule has 0 unspecified atom stereocenters. The molecule has 0 spiro atoms. The van der Waals surface area contributed by atoms with E-state index in [4.69, 9.17) is 0 Å². The molecule has 1 aromatic rings. The Kier molecular flexibility index (Phi) is 2.27. The third-order valence-electron chi connectivity index (χ3n) is 3.29. The van der Waals surface area contributed by atoms with Crippen LogP contribution in [0.25, 0.3) is 0 Å². The summed E-state index contributed by atoms with van der Waals surface area (Å²) in [5, 5.41) is 7.87. The van der Waals surface area contributed by atoms with Crippen LogP contribution in [0, 0.1) is 0 Å². The summed E-state index contributed by atoms with van der Waals surface area (Å²) >= 11 is 0. The molecule has 6 nitrogen and oxygen atoms in total. The van der Waals surface area contributed by atoms with Crippen LogP contribution < -0.4 is 0 Å². The Morgan fingerprint density at radius 1 is 1.12 bits per heavy atom. The Balaban J connectivity index is 1.71. The number of carbonyl (C=O) groups is 1. The SMILES string of the molecule is O=C(N1CCCC1)N1CCn2cnnc2C1. The molecule has 16 heavy (non-hydrogen) atoms. The molecule has 0 aromatic carbocycles. The molecule has 3 rings (SSSR count). The monoisotopic (exact) mass is 221 g/mol. The Morgan fingerprint density at radius 3 is 2.75 bits per heavy atom. The topological polar surface area (TPSA) is 54.3 Å². The molecule has 1 fully saturated rings. The highest BCUT2D eigenvalue weighted by molar-refractivity contribution is 5.74. The second kappa shape index (κ2) is 3.77. The molecule has 3 heterocycles. The number of fused-ring (bicyclic) bond motifs is 1. The van der Waals surface area contributed by atoms with E-state index in [2.05, 4.69) is 10.2 Å². The molecular weight excluding hydrogens is 206 g/mol. The van der Waals surface area contributed by atoms with Crippen molar-refractivity contribution in [3.63, 3.8) is 0 Å². The third-order valence-corrected chi connectivity index (χ3v) is 3.29. The lowest BCUT2D eigenvalue weighted by Gasteiger charge is -2.30. The van der Waals surface area contributed by atoms with E-state index in [-0.39, 0.29) is 6.03 Å². The highest BCUT2D eigenvalue weighted by atomic mass is 16.2. The maximum Gasteiger partial charge on any atom is 0.320 e. The summed E-state index contributed by atoms with van der Waals surface area (Å²) < 4.78 is 2.01. The summed E-state index contributed by atoms with van der Waals surface area (Å²) in [6.45, 7) is 3.97. The minimum atomic E-state index is 0.159. The third kappa shape index (κ3) is 1.54. The molecule has 0 N–H and O–H groups in total. The van der Waals surface area contributed by atoms with E-state index < -0.39 is 0 Å². The van der Waals surface area contributed by atoms with Crippen molar-refractivity contribution < 1.29 is 4.79 Å². The van der Waals surface area contributed by atoms with Gasteiger partial charge in [0.15, 0.2) is 5.82 Å². The molecule has 2 aliphatic heterocycles. The van der Waals surface area contributed by atoms with Gasteiger partial charge in [0.2, 0.25) is 0 Å². The van der Waals surface area contributed by atoms with Gasteiger partial charge in [-0.3, -0.25) is 0 Å². The fourth-order valence-corrected chi connectivity index (χ4v) is 2.34. The van der Waals surface area contributed by atoms with Gasteiger partial charge in [0.1, 0.15) is 6.33 Å². The van der Waals surface area contributed by atoms with E-state index in [0.717, 1.165) is 44.8 Å². The zero-order chi connectivity index (χ0) is 11.0. The second-order valence-electron chi connectivity index (χ2n) is 4.34. The summed E-state index contributed by atoms with van der Waals surface area (Å²) in [5.41, 5.74) is 0. The van der Waals surface area contributed by atoms with E-state index in [9.17, 15) is 4.79 Å². The number of hydrogen-bond acceptors (Lipinski definition) is 3. The van der Waals surface area contributed by atoms with E-state index in [1.165, 1.54) is 0 Å². The predicted molar refractivity (Wildman–Crippen MR) is 56.6 cm³/mol. The number of amides is 2. The summed E-state index contributed by atoms with van der Waals surface area (Å²) in [6, 6.07) is 0.159. The van der Waals surface area contributed by atoms with E-state index in [0.29, 0.717) is 6.54 Å². The molecule has 2 amide bonds. The number of aromatic nitrogens is 3. The maximum absolute atomic E-state index is 12.1. The van der Waals surface area contributed by atoms with Crippen LogP contribution in [0.4, 0.5) is 4.79 Å². The molecule has 6 heteroatoms. The van der Waals surface area contributed by atoms with Crippen LogP contribution in [-0.2, 0) is 13.1 Å². The van der Waals surface area contributed by atoms with Gasteiger partial charge in [0, 0.05) is 26.2 Å². The van der Waals surface area contributed by atoms with Crippen molar-refractivity contribution in [2.75, 3.05) is 19.6 Å². The Labute approximate surface area is 93.8 Å². The van der Waals surface area contributed by atoms with Crippen LogP contribution in [0.3, 0.4) is 0 Å².